The highest BCUT2D eigenvalue weighted by molar-refractivity contribution is 5.41. The molecular formula is C16H16FNO. The summed E-state index contributed by atoms with van der Waals surface area (Å²) < 4.78 is 19.2. The summed E-state index contributed by atoms with van der Waals surface area (Å²) in [5, 5.41) is 3.39. The lowest BCUT2D eigenvalue weighted by Gasteiger charge is -2.27. The van der Waals surface area contributed by atoms with Gasteiger partial charge in [-0.1, -0.05) is 30.3 Å². The Labute approximate surface area is 112 Å². The van der Waals surface area contributed by atoms with E-state index in [1.165, 1.54) is 11.6 Å². The average molecular weight is 257 g/mol. The van der Waals surface area contributed by atoms with Crippen LogP contribution in [0, 0.1) is 5.82 Å². The highest BCUT2D eigenvalue weighted by Gasteiger charge is 2.23. The van der Waals surface area contributed by atoms with Crippen LogP contribution in [0.2, 0.25) is 0 Å². The summed E-state index contributed by atoms with van der Waals surface area (Å²) in [7, 11) is 1.54. The Morgan fingerprint density at radius 2 is 2.00 bits per heavy atom. The van der Waals surface area contributed by atoms with Crippen molar-refractivity contribution < 1.29 is 9.13 Å². The Balaban J connectivity index is 2.04. The SMILES string of the molecule is COc1ccc(C2NCCc3ccccc32)c(F)c1. The Morgan fingerprint density at radius 1 is 1.16 bits per heavy atom. The summed E-state index contributed by atoms with van der Waals surface area (Å²) in [6.07, 6.45) is 0.991. The van der Waals surface area contributed by atoms with Gasteiger partial charge in [-0.3, -0.25) is 0 Å². The molecule has 1 aliphatic heterocycles. The second kappa shape index (κ2) is 5.02. The first kappa shape index (κ1) is 12.2. The molecule has 0 radical (unpaired) electrons. The molecule has 98 valence electrons. The Hall–Kier alpha value is -1.87. The summed E-state index contributed by atoms with van der Waals surface area (Å²) in [5.74, 6) is 0.318. The number of benzene rings is 2. The van der Waals surface area contributed by atoms with E-state index in [9.17, 15) is 4.39 Å². The van der Waals surface area contributed by atoms with Crippen LogP contribution in [0.25, 0.3) is 0 Å². The zero-order chi connectivity index (χ0) is 13.2. The molecule has 0 saturated heterocycles. The molecule has 1 atom stereocenters. The van der Waals surface area contributed by atoms with Gasteiger partial charge in [-0.2, -0.15) is 0 Å². The summed E-state index contributed by atoms with van der Waals surface area (Å²) >= 11 is 0. The zero-order valence-corrected chi connectivity index (χ0v) is 10.8. The molecule has 1 N–H and O–H groups in total. The summed E-state index contributed by atoms with van der Waals surface area (Å²) in [4.78, 5) is 0. The first-order valence-corrected chi connectivity index (χ1v) is 6.44. The van der Waals surface area contributed by atoms with Crippen molar-refractivity contribution in [2.24, 2.45) is 0 Å². The van der Waals surface area contributed by atoms with Gasteiger partial charge in [-0.15, -0.1) is 0 Å². The molecule has 0 fully saturated rings. The van der Waals surface area contributed by atoms with Gasteiger partial charge in [0.05, 0.1) is 13.2 Å². The third kappa shape index (κ3) is 2.22. The number of hydrogen-bond donors (Lipinski definition) is 1. The number of halogens is 1. The van der Waals surface area contributed by atoms with E-state index in [-0.39, 0.29) is 11.9 Å². The van der Waals surface area contributed by atoms with E-state index < -0.39 is 0 Å². The number of nitrogens with one attached hydrogen (secondary N) is 1. The Bertz CT molecular complexity index is 597. The molecule has 3 rings (SSSR count). The van der Waals surface area contributed by atoms with Crippen molar-refractivity contribution in [1.82, 2.24) is 5.32 Å². The predicted octanol–water partition coefficient (Wildman–Crippen LogP) is 3.07. The quantitative estimate of drug-likeness (QED) is 0.892. The molecule has 0 spiro atoms. The number of ether oxygens (including phenoxy) is 1. The van der Waals surface area contributed by atoms with Crippen molar-refractivity contribution in [3.05, 3.63) is 65.0 Å². The predicted molar refractivity (Wildman–Crippen MR) is 72.9 cm³/mol. The van der Waals surface area contributed by atoms with Crippen LogP contribution in [0.15, 0.2) is 42.5 Å². The fourth-order valence-electron chi connectivity index (χ4n) is 2.65. The van der Waals surface area contributed by atoms with Gasteiger partial charge < -0.3 is 10.1 Å². The lowest BCUT2D eigenvalue weighted by Crippen LogP contribution is -2.31. The molecule has 1 unspecified atom stereocenters. The van der Waals surface area contributed by atoms with Crippen LogP contribution in [-0.2, 0) is 6.42 Å². The number of rotatable bonds is 2. The van der Waals surface area contributed by atoms with Crippen molar-refractivity contribution in [3.8, 4) is 5.75 Å². The van der Waals surface area contributed by atoms with Gasteiger partial charge in [-0.25, -0.2) is 4.39 Å². The van der Waals surface area contributed by atoms with Crippen molar-refractivity contribution in [3.63, 3.8) is 0 Å². The van der Waals surface area contributed by atoms with Crippen LogP contribution in [-0.4, -0.2) is 13.7 Å². The third-order valence-electron chi connectivity index (χ3n) is 3.63. The van der Waals surface area contributed by atoms with Gasteiger partial charge >= 0.3 is 0 Å². The summed E-state index contributed by atoms with van der Waals surface area (Å²) in [5.41, 5.74) is 3.13. The summed E-state index contributed by atoms with van der Waals surface area (Å²) in [6, 6.07) is 13.2. The highest BCUT2D eigenvalue weighted by atomic mass is 19.1. The van der Waals surface area contributed by atoms with E-state index in [1.807, 2.05) is 12.1 Å². The topological polar surface area (TPSA) is 21.3 Å². The van der Waals surface area contributed by atoms with Gasteiger partial charge in [0.2, 0.25) is 0 Å². The smallest absolute Gasteiger partial charge is 0.132 e. The standard InChI is InChI=1S/C16H16FNO/c1-19-12-6-7-14(15(17)10-12)16-13-5-3-2-4-11(13)8-9-18-16/h2-7,10,16,18H,8-9H2,1H3. The minimum absolute atomic E-state index is 0.0733. The Kier molecular flexibility index (Phi) is 3.22. The first-order chi connectivity index (χ1) is 9.29. The number of fused-ring (bicyclic) bond motifs is 1. The Morgan fingerprint density at radius 3 is 2.79 bits per heavy atom. The average Bonchev–Trinajstić information content (AvgIpc) is 2.46. The molecular weight excluding hydrogens is 241 g/mol. The van der Waals surface area contributed by atoms with Crippen molar-refractivity contribution in [1.29, 1.82) is 0 Å². The monoisotopic (exact) mass is 257 g/mol. The van der Waals surface area contributed by atoms with Crippen molar-refractivity contribution >= 4 is 0 Å². The zero-order valence-electron chi connectivity index (χ0n) is 10.8. The molecule has 2 nitrogen and oxygen atoms in total. The molecule has 0 aromatic heterocycles. The van der Waals surface area contributed by atoms with Crippen LogP contribution < -0.4 is 10.1 Å². The van der Waals surface area contributed by atoms with E-state index in [1.54, 1.807) is 19.2 Å². The highest BCUT2D eigenvalue weighted by Crippen LogP contribution is 2.31. The molecule has 2 aromatic carbocycles. The second-order valence-corrected chi connectivity index (χ2v) is 4.72. The normalized spacial score (nSPS) is 17.9. The minimum Gasteiger partial charge on any atom is -0.497 e. The molecule has 0 aliphatic carbocycles. The molecule has 0 bridgehead atoms. The van der Waals surface area contributed by atoms with E-state index in [0.717, 1.165) is 18.5 Å². The second-order valence-electron chi connectivity index (χ2n) is 4.72. The molecule has 1 aliphatic rings. The minimum atomic E-state index is -0.228. The van der Waals surface area contributed by atoms with Gasteiger partial charge in [0.1, 0.15) is 11.6 Å². The van der Waals surface area contributed by atoms with E-state index in [0.29, 0.717) is 11.3 Å². The first-order valence-electron chi connectivity index (χ1n) is 6.44. The maximum Gasteiger partial charge on any atom is 0.132 e. The lowest BCUT2D eigenvalue weighted by atomic mass is 9.90. The van der Waals surface area contributed by atoms with E-state index >= 15 is 0 Å². The molecule has 0 saturated carbocycles. The van der Waals surface area contributed by atoms with Crippen LogP contribution in [0.1, 0.15) is 22.7 Å². The maximum atomic E-state index is 14.2. The molecule has 1 heterocycles. The van der Waals surface area contributed by atoms with Crippen LogP contribution in [0.3, 0.4) is 0 Å². The van der Waals surface area contributed by atoms with Gasteiger partial charge in [-0.05, 0) is 23.6 Å². The van der Waals surface area contributed by atoms with Crippen molar-refractivity contribution in [2.45, 2.75) is 12.5 Å². The fraction of sp³-hybridized carbons (Fsp3) is 0.250. The van der Waals surface area contributed by atoms with Gasteiger partial charge in [0.15, 0.2) is 0 Å². The van der Waals surface area contributed by atoms with E-state index in [2.05, 4.69) is 17.4 Å². The molecule has 3 heteroatoms. The van der Waals surface area contributed by atoms with Gasteiger partial charge in [0, 0.05) is 18.2 Å². The maximum absolute atomic E-state index is 14.2. The van der Waals surface area contributed by atoms with E-state index in [4.69, 9.17) is 4.74 Å². The van der Waals surface area contributed by atoms with Crippen LogP contribution in [0.4, 0.5) is 4.39 Å². The van der Waals surface area contributed by atoms with Gasteiger partial charge in [0.25, 0.3) is 0 Å². The number of hydrogen-bond acceptors (Lipinski definition) is 2. The van der Waals surface area contributed by atoms with Crippen LogP contribution >= 0.6 is 0 Å². The van der Waals surface area contributed by atoms with Crippen LogP contribution in [0.5, 0.6) is 5.75 Å². The molecule has 2 aromatic rings. The molecule has 0 amide bonds. The molecule has 19 heavy (non-hydrogen) atoms. The fourth-order valence-corrected chi connectivity index (χ4v) is 2.65. The largest absolute Gasteiger partial charge is 0.497 e. The third-order valence-corrected chi connectivity index (χ3v) is 3.63. The number of methoxy groups -OCH3 is 1. The lowest BCUT2D eigenvalue weighted by molar-refractivity contribution is 0.409. The van der Waals surface area contributed by atoms with Crippen molar-refractivity contribution in [2.75, 3.05) is 13.7 Å². The summed E-state index contributed by atoms with van der Waals surface area (Å²) in [6.45, 7) is 0.868.